The van der Waals surface area contributed by atoms with Gasteiger partial charge in [0.2, 0.25) is 11.8 Å². The van der Waals surface area contributed by atoms with Crippen LogP contribution in [0.5, 0.6) is 11.6 Å². The molecule has 35 heavy (non-hydrogen) atoms. The van der Waals surface area contributed by atoms with Gasteiger partial charge in [-0.1, -0.05) is 6.07 Å². The Labute approximate surface area is 208 Å². The number of methoxy groups -OCH3 is 1. The van der Waals surface area contributed by atoms with E-state index in [4.69, 9.17) is 22.1 Å². The fourth-order valence-corrected chi connectivity index (χ4v) is 4.88. The van der Waals surface area contributed by atoms with Crippen LogP contribution in [0.1, 0.15) is 23.7 Å². The van der Waals surface area contributed by atoms with Crippen LogP contribution in [-0.2, 0) is 9.59 Å². The first-order valence-electron chi connectivity index (χ1n) is 11.6. The van der Waals surface area contributed by atoms with Crippen molar-refractivity contribution in [3.05, 3.63) is 48.2 Å². The van der Waals surface area contributed by atoms with Gasteiger partial charge in [-0.2, -0.15) is 12.6 Å². The number of fused-ring (bicyclic) bond motifs is 2. The lowest BCUT2D eigenvalue weighted by atomic mass is 9.95. The average Bonchev–Trinajstić information content (AvgIpc) is 2.88. The molecule has 2 amide bonds. The van der Waals surface area contributed by atoms with Gasteiger partial charge in [0.1, 0.15) is 11.3 Å². The summed E-state index contributed by atoms with van der Waals surface area (Å²) in [6.45, 7) is 2.41. The number of anilines is 2. The van der Waals surface area contributed by atoms with Gasteiger partial charge in [0.25, 0.3) is 5.91 Å². The fourth-order valence-electron chi connectivity index (χ4n) is 4.49. The van der Waals surface area contributed by atoms with Crippen molar-refractivity contribution in [2.75, 3.05) is 44.0 Å². The zero-order valence-electron chi connectivity index (χ0n) is 19.4. The number of benzene rings is 1. The van der Waals surface area contributed by atoms with Gasteiger partial charge in [-0.15, -0.1) is 0 Å². The van der Waals surface area contributed by atoms with Crippen molar-refractivity contribution in [2.45, 2.75) is 18.1 Å². The summed E-state index contributed by atoms with van der Waals surface area (Å²) in [6.07, 6.45) is 3.19. The molecule has 5 rings (SSSR count). The Morgan fingerprint density at radius 3 is 2.91 bits per heavy atom. The maximum absolute atomic E-state index is 13.0. The van der Waals surface area contributed by atoms with Crippen LogP contribution in [0, 0.1) is 5.92 Å². The Kier molecular flexibility index (Phi) is 6.74. The first kappa shape index (κ1) is 23.4. The predicted molar refractivity (Wildman–Crippen MR) is 136 cm³/mol. The fraction of sp³-hybridized carbons (Fsp3) is 0.360. The SMILES string of the molecule is COc1ccc2nccc(NC(=O)C3CCN(CC(S)c4ccc5c(c4)NC(=O)CO5)CC3)c2n1. The number of pyridine rings is 2. The molecule has 0 radical (unpaired) electrons. The number of thiol groups is 1. The van der Waals surface area contributed by atoms with Crippen molar-refractivity contribution < 1.29 is 19.1 Å². The molecule has 182 valence electrons. The lowest BCUT2D eigenvalue weighted by Crippen LogP contribution is -2.39. The smallest absolute Gasteiger partial charge is 0.262 e. The molecular formula is C25H27N5O4S. The second-order valence-electron chi connectivity index (χ2n) is 8.75. The lowest BCUT2D eigenvalue weighted by molar-refractivity contribution is -0.121. The van der Waals surface area contributed by atoms with E-state index in [1.165, 1.54) is 0 Å². The van der Waals surface area contributed by atoms with Crippen LogP contribution in [0.4, 0.5) is 11.4 Å². The number of hydrogen-bond acceptors (Lipinski definition) is 8. The first-order valence-corrected chi connectivity index (χ1v) is 12.1. The number of carbonyl (C=O) groups is 2. The van der Waals surface area contributed by atoms with Gasteiger partial charge >= 0.3 is 0 Å². The van der Waals surface area contributed by atoms with E-state index in [0.717, 1.165) is 38.0 Å². The molecule has 0 spiro atoms. The Hall–Kier alpha value is -3.37. The zero-order valence-corrected chi connectivity index (χ0v) is 20.3. The highest BCUT2D eigenvalue weighted by Crippen LogP contribution is 2.33. The van der Waals surface area contributed by atoms with Gasteiger partial charge in [0.15, 0.2) is 6.61 Å². The molecule has 10 heteroatoms. The molecule has 2 N–H and O–H groups in total. The van der Waals surface area contributed by atoms with Crippen LogP contribution in [-0.4, -0.2) is 60.0 Å². The van der Waals surface area contributed by atoms with Crippen molar-refractivity contribution in [3.8, 4) is 11.6 Å². The number of likely N-dealkylation sites (tertiary alicyclic amines) is 1. The summed E-state index contributed by atoms with van der Waals surface area (Å²) in [6, 6.07) is 11.1. The molecule has 1 unspecified atom stereocenters. The molecule has 4 heterocycles. The monoisotopic (exact) mass is 493 g/mol. The van der Waals surface area contributed by atoms with E-state index < -0.39 is 0 Å². The molecule has 2 aromatic heterocycles. The van der Waals surface area contributed by atoms with Gasteiger partial charge in [-0.3, -0.25) is 14.6 Å². The number of piperidine rings is 1. The third-order valence-electron chi connectivity index (χ3n) is 6.44. The summed E-state index contributed by atoms with van der Waals surface area (Å²) in [7, 11) is 1.56. The van der Waals surface area contributed by atoms with Crippen molar-refractivity contribution in [3.63, 3.8) is 0 Å². The van der Waals surface area contributed by atoms with E-state index in [9.17, 15) is 9.59 Å². The molecule has 1 saturated heterocycles. The maximum Gasteiger partial charge on any atom is 0.262 e. The number of nitrogens with one attached hydrogen (secondary N) is 2. The predicted octanol–water partition coefficient (Wildman–Crippen LogP) is 3.29. The summed E-state index contributed by atoms with van der Waals surface area (Å²) in [5.74, 6) is 0.922. The molecule has 0 bridgehead atoms. The van der Waals surface area contributed by atoms with Gasteiger partial charge in [0, 0.05) is 30.0 Å². The quantitative estimate of drug-likeness (QED) is 0.453. The third kappa shape index (κ3) is 5.18. The van der Waals surface area contributed by atoms with Crippen LogP contribution >= 0.6 is 12.6 Å². The number of amides is 2. The van der Waals surface area contributed by atoms with E-state index in [1.54, 1.807) is 25.4 Å². The molecular weight excluding hydrogens is 466 g/mol. The van der Waals surface area contributed by atoms with E-state index in [-0.39, 0.29) is 29.6 Å². The number of nitrogens with zero attached hydrogens (tertiary/aromatic N) is 3. The molecule has 3 aromatic rings. The second kappa shape index (κ2) is 10.1. The van der Waals surface area contributed by atoms with Crippen LogP contribution in [0.3, 0.4) is 0 Å². The van der Waals surface area contributed by atoms with Crippen molar-refractivity contribution >= 4 is 46.9 Å². The van der Waals surface area contributed by atoms with E-state index in [2.05, 4.69) is 25.5 Å². The van der Waals surface area contributed by atoms with Crippen molar-refractivity contribution in [2.24, 2.45) is 5.92 Å². The maximum atomic E-state index is 13.0. The number of carbonyl (C=O) groups excluding carboxylic acids is 2. The molecule has 0 saturated carbocycles. The number of hydrogen-bond donors (Lipinski definition) is 3. The lowest BCUT2D eigenvalue weighted by Gasteiger charge is -2.33. The standard InChI is InChI=1S/C25H27N5O4S/c1-33-23-5-3-17-24(29-23)18(6-9-26-17)28-25(32)15-7-10-30(11-8-15)13-21(35)16-2-4-20-19(12-16)27-22(31)14-34-20/h2-6,9,12,15,21,35H,7-8,10-11,13-14H2,1H3,(H,27,31)(H,26,28,32). The highest BCUT2D eigenvalue weighted by molar-refractivity contribution is 7.80. The minimum absolute atomic E-state index is 0.00498. The Balaban J connectivity index is 1.17. The highest BCUT2D eigenvalue weighted by atomic mass is 32.1. The average molecular weight is 494 g/mol. The van der Waals surface area contributed by atoms with Crippen LogP contribution in [0.15, 0.2) is 42.6 Å². The molecule has 0 aliphatic carbocycles. The molecule has 1 atom stereocenters. The molecule has 1 aromatic carbocycles. The van der Waals surface area contributed by atoms with E-state index >= 15 is 0 Å². The molecule has 1 fully saturated rings. The van der Waals surface area contributed by atoms with Gasteiger partial charge in [-0.05, 0) is 55.8 Å². The summed E-state index contributed by atoms with van der Waals surface area (Å²) >= 11 is 4.80. The number of ether oxygens (including phenoxy) is 2. The van der Waals surface area contributed by atoms with Crippen LogP contribution in [0.2, 0.25) is 0 Å². The Morgan fingerprint density at radius 2 is 2.11 bits per heavy atom. The Bertz CT molecular complexity index is 1260. The largest absolute Gasteiger partial charge is 0.482 e. The van der Waals surface area contributed by atoms with Crippen molar-refractivity contribution in [1.82, 2.24) is 14.9 Å². The minimum Gasteiger partial charge on any atom is -0.482 e. The first-order chi connectivity index (χ1) is 17.0. The summed E-state index contributed by atoms with van der Waals surface area (Å²) in [5.41, 5.74) is 3.66. The molecule has 9 nitrogen and oxygen atoms in total. The van der Waals surface area contributed by atoms with Gasteiger partial charge < -0.3 is 25.0 Å². The zero-order chi connectivity index (χ0) is 24.4. The highest BCUT2D eigenvalue weighted by Gasteiger charge is 2.27. The molecule has 2 aliphatic heterocycles. The van der Waals surface area contributed by atoms with Crippen LogP contribution in [0.25, 0.3) is 11.0 Å². The Morgan fingerprint density at radius 1 is 1.29 bits per heavy atom. The van der Waals surface area contributed by atoms with Crippen molar-refractivity contribution in [1.29, 1.82) is 0 Å². The topological polar surface area (TPSA) is 106 Å². The van der Waals surface area contributed by atoms with Gasteiger partial charge in [0.05, 0.1) is 24.0 Å². The summed E-state index contributed by atoms with van der Waals surface area (Å²) in [5, 5.41) is 5.87. The third-order valence-corrected chi connectivity index (χ3v) is 6.90. The number of rotatable bonds is 6. The number of aromatic nitrogens is 2. The minimum atomic E-state index is -0.152. The van der Waals surface area contributed by atoms with Crippen LogP contribution < -0.4 is 20.1 Å². The molecule has 2 aliphatic rings. The normalized spacial score (nSPS) is 17.3. The van der Waals surface area contributed by atoms with E-state index in [1.807, 2.05) is 24.3 Å². The summed E-state index contributed by atoms with van der Waals surface area (Å²) in [4.78, 5) is 35.7. The second-order valence-corrected chi connectivity index (χ2v) is 9.38. The van der Waals surface area contributed by atoms with E-state index in [0.29, 0.717) is 34.0 Å². The summed E-state index contributed by atoms with van der Waals surface area (Å²) < 4.78 is 10.7. The van der Waals surface area contributed by atoms with Gasteiger partial charge in [-0.25, -0.2) is 4.98 Å².